The van der Waals surface area contributed by atoms with Crippen molar-refractivity contribution in [1.29, 1.82) is 0 Å². The van der Waals surface area contributed by atoms with Crippen molar-refractivity contribution in [2.75, 3.05) is 11.5 Å². The number of nitrogens with two attached hydrogens (primary N) is 1. The summed E-state index contributed by atoms with van der Waals surface area (Å²) >= 11 is 0. The van der Waals surface area contributed by atoms with Gasteiger partial charge in [0.15, 0.2) is 9.84 Å². The Labute approximate surface area is 84.0 Å². The first-order valence-corrected chi connectivity index (χ1v) is 6.34. The molecule has 0 bridgehead atoms. The zero-order chi connectivity index (χ0) is 11.0. The van der Waals surface area contributed by atoms with Crippen LogP contribution in [0.4, 0.5) is 0 Å². The number of hydrogen-bond donors (Lipinski definition) is 2. The third-order valence-corrected chi connectivity index (χ3v) is 4.24. The molecule has 1 aliphatic heterocycles. The van der Waals surface area contributed by atoms with Gasteiger partial charge in [-0.3, -0.25) is 4.79 Å². The normalized spacial score (nSPS) is 32.5. The molecule has 5 nitrogen and oxygen atoms in total. The van der Waals surface area contributed by atoms with E-state index in [4.69, 9.17) is 5.73 Å². The van der Waals surface area contributed by atoms with E-state index in [1.165, 1.54) is 0 Å². The van der Waals surface area contributed by atoms with E-state index in [1.54, 1.807) is 13.8 Å². The Morgan fingerprint density at radius 1 is 1.57 bits per heavy atom. The van der Waals surface area contributed by atoms with Gasteiger partial charge < -0.3 is 11.1 Å². The van der Waals surface area contributed by atoms with Gasteiger partial charge in [-0.15, -0.1) is 0 Å². The van der Waals surface area contributed by atoms with Crippen LogP contribution in [0.1, 0.15) is 20.3 Å². The SMILES string of the molecule is CC(N)C(=O)NC1(C)CCS(=O)(=O)C1. The van der Waals surface area contributed by atoms with Gasteiger partial charge >= 0.3 is 0 Å². The van der Waals surface area contributed by atoms with Gasteiger partial charge in [0.1, 0.15) is 0 Å². The summed E-state index contributed by atoms with van der Waals surface area (Å²) in [5.74, 6) is -0.147. The first-order valence-electron chi connectivity index (χ1n) is 4.52. The molecule has 1 amide bonds. The fraction of sp³-hybridized carbons (Fsp3) is 0.875. The Bertz CT molecular complexity index is 336. The summed E-state index contributed by atoms with van der Waals surface area (Å²) in [6.07, 6.45) is 0.466. The summed E-state index contributed by atoms with van der Waals surface area (Å²) in [5.41, 5.74) is 4.74. The maximum absolute atomic E-state index is 11.3. The lowest BCUT2D eigenvalue weighted by atomic mass is 10.0. The van der Waals surface area contributed by atoms with E-state index in [0.717, 1.165) is 0 Å². The molecule has 3 N–H and O–H groups in total. The summed E-state index contributed by atoms with van der Waals surface area (Å²) in [5, 5.41) is 2.67. The second-order valence-corrected chi connectivity index (χ2v) is 6.36. The summed E-state index contributed by atoms with van der Waals surface area (Å²) in [6.45, 7) is 3.31. The molecule has 0 aromatic heterocycles. The summed E-state index contributed by atoms with van der Waals surface area (Å²) in [7, 11) is -2.98. The lowest BCUT2D eigenvalue weighted by Crippen LogP contribution is -2.51. The number of carbonyl (C=O) groups excluding carboxylic acids is 1. The van der Waals surface area contributed by atoms with Crippen molar-refractivity contribution in [2.24, 2.45) is 5.73 Å². The molecule has 14 heavy (non-hydrogen) atoms. The molecule has 0 aliphatic carbocycles. The highest BCUT2D eigenvalue weighted by Crippen LogP contribution is 2.22. The van der Waals surface area contributed by atoms with Crippen LogP contribution in [0.5, 0.6) is 0 Å². The molecule has 6 heteroatoms. The Morgan fingerprint density at radius 2 is 2.14 bits per heavy atom. The van der Waals surface area contributed by atoms with Crippen LogP contribution in [0.3, 0.4) is 0 Å². The van der Waals surface area contributed by atoms with E-state index < -0.39 is 21.4 Å². The minimum absolute atomic E-state index is 0.0124. The second kappa shape index (κ2) is 3.51. The number of nitrogens with one attached hydrogen (secondary N) is 1. The van der Waals surface area contributed by atoms with Crippen LogP contribution < -0.4 is 11.1 Å². The van der Waals surface area contributed by atoms with Crippen molar-refractivity contribution >= 4 is 15.7 Å². The van der Waals surface area contributed by atoms with E-state index in [-0.39, 0.29) is 17.4 Å². The molecule has 0 saturated carbocycles. The van der Waals surface area contributed by atoms with Crippen molar-refractivity contribution in [3.8, 4) is 0 Å². The highest BCUT2D eigenvalue weighted by Gasteiger charge is 2.39. The van der Waals surface area contributed by atoms with Crippen LogP contribution in [0.25, 0.3) is 0 Å². The van der Waals surface area contributed by atoms with E-state index in [0.29, 0.717) is 6.42 Å². The van der Waals surface area contributed by atoms with Crippen molar-refractivity contribution in [3.63, 3.8) is 0 Å². The van der Waals surface area contributed by atoms with Crippen molar-refractivity contribution in [3.05, 3.63) is 0 Å². The van der Waals surface area contributed by atoms with Crippen molar-refractivity contribution in [1.82, 2.24) is 5.32 Å². The molecule has 1 rings (SSSR count). The zero-order valence-electron chi connectivity index (χ0n) is 8.41. The predicted octanol–water partition coefficient (Wildman–Crippen LogP) is -0.973. The highest BCUT2D eigenvalue weighted by molar-refractivity contribution is 7.91. The third-order valence-electron chi connectivity index (χ3n) is 2.34. The first kappa shape index (κ1) is 11.5. The van der Waals surface area contributed by atoms with E-state index >= 15 is 0 Å². The fourth-order valence-electron chi connectivity index (χ4n) is 1.52. The van der Waals surface area contributed by atoms with E-state index in [1.807, 2.05) is 0 Å². The molecule has 0 radical (unpaired) electrons. The molecular weight excluding hydrogens is 204 g/mol. The zero-order valence-corrected chi connectivity index (χ0v) is 9.23. The van der Waals surface area contributed by atoms with Gasteiger partial charge in [0.05, 0.1) is 23.1 Å². The second-order valence-electron chi connectivity index (χ2n) is 4.18. The van der Waals surface area contributed by atoms with Gasteiger partial charge in [-0.05, 0) is 20.3 Å². The number of hydrogen-bond acceptors (Lipinski definition) is 4. The molecule has 2 unspecified atom stereocenters. The van der Waals surface area contributed by atoms with Crippen LogP contribution in [-0.2, 0) is 14.6 Å². The Kier molecular flexibility index (Phi) is 2.87. The number of sulfone groups is 1. The van der Waals surface area contributed by atoms with Gasteiger partial charge in [0.25, 0.3) is 0 Å². The van der Waals surface area contributed by atoms with E-state index in [2.05, 4.69) is 5.32 Å². The summed E-state index contributed by atoms with van der Waals surface area (Å²) in [6, 6.07) is -0.602. The average molecular weight is 220 g/mol. The number of rotatable bonds is 2. The predicted molar refractivity (Wildman–Crippen MR) is 53.5 cm³/mol. The van der Waals surface area contributed by atoms with Gasteiger partial charge in [-0.25, -0.2) is 8.42 Å². The standard InChI is InChI=1S/C8H16N2O3S/c1-6(9)7(11)10-8(2)3-4-14(12,13)5-8/h6H,3-5,9H2,1-2H3,(H,10,11). The summed E-state index contributed by atoms with van der Waals surface area (Å²) < 4.78 is 22.4. The lowest BCUT2D eigenvalue weighted by molar-refractivity contribution is -0.123. The van der Waals surface area contributed by atoms with E-state index in [9.17, 15) is 13.2 Å². The topological polar surface area (TPSA) is 89.3 Å². The number of amides is 1. The molecule has 82 valence electrons. The molecule has 1 heterocycles. The molecular formula is C8H16N2O3S. The lowest BCUT2D eigenvalue weighted by Gasteiger charge is -2.24. The quantitative estimate of drug-likeness (QED) is 0.626. The van der Waals surface area contributed by atoms with Gasteiger partial charge in [0.2, 0.25) is 5.91 Å². The largest absolute Gasteiger partial charge is 0.349 e. The molecule has 1 fully saturated rings. The minimum Gasteiger partial charge on any atom is -0.349 e. The molecule has 1 saturated heterocycles. The van der Waals surface area contributed by atoms with Crippen LogP contribution >= 0.6 is 0 Å². The van der Waals surface area contributed by atoms with Crippen LogP contribution in [0.2, 0.25) is 0 Å². The molecule has 0 spiro atoms. The van der Waals surface area contributed by atoms with Crippen LogP contribution in [0, 0.1) is 0 Å². The fourth-order valence-corrected chi connectivity index (χ4v) is 3.61. The smallest absolute Gasteiger partial charge is 0.237 e. The first-order chi connectivity index (χ1) is 6.24. The minimum atomic E-state index is -2.98. The maximum atomic E-state index is 11.3. The van der Waals surface area contributed by atoms with Crippen LogP contribution in [-0.4, -0.2) is 37.4 Å². The Hall–Kier alpha value is -0.620. The van der Waals surface area contributed by atoms with Gasteiger partial charge in [0, 0.05) is 0 Å². The maximum Gasteiger partial charge on any atom is 0.237 e. The molecule has 0 aromatic rings. The average Bonchev–Trinajstić information content (AvgIpc) is 2.25. The number of carbonyl (C=O) groups is 1. The Morgan fingerprint density at radius 3 is 2.50 bits per heavy atom. The van der Waals surface area contributed by atoms with Crippen molar-refractivity contribution < 1.29 is 13.2 Å². The molecule has 2 atom stereocenters. The Balaban J connectivity index is 2.66. The third kappa shape index (κ3) is 2.68. The molecule has 1 aliphatic rings. The summed E-state index contributed by atoms with van der Waals surface area (Å²) in [4.78, 5) is 11.3. The van der Waals surface area contributed by atoms with Gasteiger partial charge in [-0.1, -0.05) is 0 Å². The monoisotopic (exact) mass is 220 g/mol. The van der Waals surface area contributed by atoms with Crippen molar-refractivity contribution in [2.45, 2.75) is 31.8 Å². The van der Waals surface area contributed by atoms with Crippen LogP contribution in [0.15, 0.2) is 0 Å². The van der Waals surface area contributed by atoms with Gasteiger partial charge in [-0.2, -0.15) is 0 Å². The molecule has 0 aromatic carbocycles. The highest BCUT2D eigenvalue weighted by atomic mass is 32.2.